The van der Waals surface area contributed by atoms with E-state index in [-0.39, 0.29) is 0 Å². The number of morpholine rings is 1. The molecule has 2 aliphatic heterocycles. The molecule has 0 amide bonds. The highest BCUT2D eigenvalue weighted by Gasteiger charge is 2.31. The smallest absolute Gasteiger partial charge is 0.172 e. The second-order valence-corrected chi connectivity index (χ2v) is 6.60. The number of hydrogen-bond acceptors (Lipinski definition) is 7. The number of ether oxygens (including phenoxy) is 1. The summed E-state index contributed by atoms with van der Waals surface area (Å²) in [5.41, 5.74) is 4.07. The van der Waals surface area contributed by atoms with Crippen LogP contribution in [0.2, 0.25) is 0 Å². The molecule has 1 unspecified atom stereocenters. The molecule has 0 spiro atoms. The predicted molar refractivity (Wildman–Crippen MR) is 98.0 cm³/mol. The number of hydrogen-bond donors (Lipinski definition) is 2. The second-order valence-electron chi connectivity index (χ2n) is 6.60. The second kappa shape index (κ2) is 6.06. The standard InChI is InChI=1S/C18H19N7O/c1-11-6-12(16-21-10-22-24-16)2-3-14(11)15-8-20-17-18(23-15)25-4-5-26-9-13(25)7-19-17/h2-3,6,8,10,13H,4-5,7,9H2,1H3,(H,19,20)(H,21,22,24). The minimum absolute atomic E-state index is 0.315. The monoisotopic (exact) mass is 349 g/mol. The fourth-order valence-electron chi connectivity index (χ4n) is 3.60. The molecule has 2 aromatic heterocycles. The molecule has 0 saturated carbocycles. The molecular formula is C18H19N7O. The fraction of sp³-hybridized carbons (Fsp3) is 0.333. The molecule has 2 aliphatic rings. The first kappa shape index (κ1) is 15.3. The number of aryl methyl sites for hydroxylation is 1. The van der Waals surface area contributed by atoms with Gasteiger partial charge in [0.05, 0.1) is 31.1 Å². The summed E-state index contributed by atoms with van der Waals surface area (Å²) < 4.78 is 5.59. The lowest BCUT2D eigenvalue weighted by Crippen LogP contribution is -2.52. The molecule has 1 saturated heterocycles. The van der Waals surface area contributed by atoms with Gasteiger partial charge in [-0.15, -0.1) is 10.2 Å². The number of aromatic nitrogens is 5. The van der Waals surface area contributed by atoms with Crippen molar-refractivity contribution in [2.75, 3.05) is 36.5 Å². The average Bonchev–Trinajstić information content (AvgIpc) is 3.22. The number of aromatic amines is 1. The van der Waals surface area contributed by atoms with Crippen LogP contribution in [-0.2, 0) is 4.74 Å². The lowest BCUT2D eigenvalue weighted by molar-refractivity contribution is 0.0958. The summed E-state index contributed by atoms with van der Waals surface area (Å²) in [6.07, 6.45) is 3.42. The average molecular weight is 349 g/mol. The van der Waals surface area contributed by atoms with Crippen LogP contribution < -0.4 is 10.2 Å². The third kappa shape index (κ3) is 2.50. The first-order valence-corrected chi connectivity index (χ1v) is 8.72. The highest BCUT2D eigenvalue weighted by atomic mass is 16.5. The van der Waals surface area contributed by atoms with E-state index in [0.717, 1.165) is 66.1 Å². The first-order valence-electron chi connectivity index (χ1n) is 8.72. The van der Waals surface area contributed by atoms with Crippen molar-refractivity contribution in [3.63, 3.8) is 0 Å². The normalized spacial score (nSPS) is 18.8. The Morgan fingerprint density at radius 2 is 2.27 bits per heavy atom. The van der Waals surface area contributed by atoms with Gasteiger partial charge in [-0.05, 0) is 18.6 Å². The molecule has 8 heteroatoms. The predicted octanol–water partition coefficient (Wildman–Crippen LogP) is 1.87. The Hall–Kier alpha value is -3.00. The molecule has 132 valence electrons. The van der Waals surface area contributed by atoms with Gasteiger partial charge in [-0.3, -0.25) is 0 Å². The van der Waals surface area contributed by atoms with E-state index in [1.165, 1.54) is 0 Å². The maximum atomic E-state index is 5.59. The van der Waals surface area contributed by atoms with E-state index in [9.17, 15) is 0 Å². The quantitative estimate of drug-likeness (QED) is 0.730. The van der Waals surface area contributed by atoms with Crippen molar-refractivity contribution in [2.45, 2.75) is 13.0 Å². The van der Waals surface area contributed by atoms with E-state index in [1.54, 1.807) is 6.33 Å². The minimum Gasteiger partial charge on any atom is -0.377 e. The van der Waals surface area contributed by atoms with Gasteiger partial charge in [0.1, 0.15) is 6.33 Å². The van der Waals surface area contributed by atoms with Gasteiger partial charge in [-0.25, -0.2) is 9.97 Å². The molecule has 2 N–H and O–H groups in total. The van der Waals surface area contributed by atoms with Crippen molar-refractivity contribution in [1.29, 1.82) is 0 Å². The minimum atomic E-state index is 0.315. The van der Waals surface area contributed by atoms with Crippen molar-refractivity contribution in [3.8, 4) is 22.6 Å². The lowest BCUT2D eigenvalue weighted by Gasteiger charge is -2.40. The van der Waals surface area contributed by atoms with E-state index in [4.69, 9.17) is 9.72 Å². The van der Waals surface area contributed by atoms with Gasteiger partial charge in [-0.1, -0.05) is 12.1 Å². The van der Waals surface area contributed by atoms with Gasteiger partial charge in [0.25, 0.3) is 0 Å². The van der Waals surface area contributed by atoms with Gasteiger partial charge < -0.3 is 19.9 Å². The SMILES string of the molecule is Cc1cc(-c2nnc[nH]2)ccc1-c1cnc2c(n1)N1CCOCC1CN2. The molecule has 5 rings (SSSR count). The molecule has 1 aromatic carbocycles. The van der Waals surface area contributed by atoms with Crippen molar-refractivity contribution in [2.24, 2.45) is 0 Å². The Balaban J connectivity index is 1.53. The van der Waals surface area contributed by atoms with Crippen LogP contribution in [0.4, 0.5) is 11.6 Å². The number of benzene rings is 1. The summed E-state index contributed by atoms with van der Waals surface area (Å²) in [7, 11) is 0. The zero-order chi connectivity index (χ0) is 17.5. The van der Waals surface area contributed by atoms with Crippen molar-refractivity contribution >= 4 is 11.6 Å². The van der Waals surface area contributed by atoms with Crippen LogP contribution in [0.3, 0.4) is 0 Å². The van der Waals surface area contributed by atoms with E-state index in [1.807, 2.05) is 12.3 Å². The Morgan fingerprint density at radius 1 is 1.31 bits per heavy atom. The van der Waals surface area contributed by atoms with Gasteiger partial charge in [0.2, 0.25) is 0 Å². The van der Waals surface area contributed by atoms with Crippen LogP contribution in [0.15, 0.2) is 30.7 Å². The zero-order valence-corrected chi connectivity index (χ0v) is 14.4. The van der Waals surface area contributed by atoms with E-state index < -0.39 is 0 Å². The lowest BCUT2D eigenvalue weighted by atomic mass is 10.0. The molecule has 3 aromatic rings. The molecule has 0 bridgehead atoms. The number of anilines is 2. The van der Waals surface area contributed by atoms with E-state index in [2.05, 4.69) is 49.4 Å². The third-order valence-corrected chi connectivity index (χ3v) is 4.95. The van der Waals surface area contributed by atoms with Gasteiger partial charge in [0, 0.05) is 24.2 Å². The maximum absolute atomic E-state index is 5.59. The molecule has 0 aliphatic carbocycles. The number of H-pyrrole nitrogens is 1. The molecule has 4 heterocycles. The van der Waals surface area contributed by atoms with Crippen molar-refractivity contribution < 1.29 is 4.74 Å². The summed E-state index contributed by atoms with van der Waals surface area (Å²) in [6, 6.07) is 6.50. The summed E-state index contributed by atoms with van der Waals surface area (Å²) in [5.74, 6) is 2.53. The number of nitrogens with one attached hydrogen (secondary N) is 2. The van der Waals surface area contributed by atoms with Gasteiger partial charge in [0.15, 0.2) is 17.5 Å². The number of fused-ring (bicyclic) bond motifs is 3. The highest BCUT2D eigenvalue weighted by Crippen LogP contribution is 2.33. The topological polar surface area (TPSA) is 91.8 Å². The summed E-state index contributed by atoms with van der Waals surface area (Å²) >= 11 is 0. The fourth-order valence-corrected chi connectivity index (χ4v) is 3.60. The van der Waals surface area contributed by atoms with Crippen LogP contribution >= 0.6 is 0 Å². The van der Waals surface area contributed by atoms with Crippen molar-refractivity contribution in [3.05, 3.63) is 36.3 Å². The van der Waals surface area contributed by atoms with Crippen LogP contribution in [0.5, 0.6) is 0 Å². The first-order chi connectivity index (χ1) is 12.8. The zero-order valence-electron chi connectivity index (χ0n) is 14.4. The molecule has 8 nitrogen and oxygen atoms in total. The van der Waals surface area contributed by atoms with Crippen LogP contribution in [0.25, 0.3) is 22.6 Å². The van der Waals surface area contributed by atoms with Gasteiger partial charge >= 0.3 is 0 Å². The molecule has 26 heavy (non-hydrogen) atoms. The third-order valence-electron chi connectivity index (χ3n) is 4.95. The molecule has 1 fully saturated rings. The number of nitrogens with zero attached hydrogens (tertiary/aromatic N) is 5. The van der Waals surface area contributed by atoms with Crippen LogP contribution in [0.1, 0.15) is 5.56 Å². The Labute approximate surface area is 150 Å². The Kier molecular flexibility index (Phi) is 3.56. The Morgan fingerprint density at radius 3 is 3.12 bits per heavy atom. The Bertz CT molecular complexity index is 941. The summed E-state index contributed by atoms with van der Waals surface area (Å²) in [6.45, 7) is 5.22. The maximum Gasteiger partial charge on any atom is 0.172 e. The highest BCUT2D eigenvalue weighted by molar-refractivity contribution is 5.73. The van der Waals surface area contributed by atoms with E-state index in [0.29, 0.717) is 6.04 Å². The molecular weight excluding hydrogens is 330 g/mol. The van der Waals surface area contributed by atoms with Crippen molar-refractivity contribution in [1.82, 2.24) is 25.1 Å². The summed E-state index contributed by atoms with van der Waals surface area (Å²) in [5, 5.41) is 11.3. The largest absolute Gasteiger partial charge is 0.377 e. The molecule has 1 atom stereocenters. The molecule has 0 radical (unpaired) electrons. The number of rotatable bonds is 2. The summed E-state index contributed by atoms with van der Waals surface area (Å²) in [4.78, 5) is 14.9. The van der Waals surface area contributed by atoms with Crippen LogP contribution in [0, 0.1) is 6.92 Å². The van der Waals surface area contributed by atoms with E-state index >= 15 is 0 Å². The van der Waals surface area contributed by atoms with Gasteiger partial charge in [-0.2, -0.15) is 0 Å². The van der Waals surface area contributed by atoms with Crippen LogP contribution in [-0.4, -0.2) is 57.5 Å².